The number of hydrogen-bond acceptors (Lipinski definition) is 5. The lowest BCUT2D eigenvalue weighted by Crippen LogP contribution is -2.34. The van der Waals surface area contributed by atoms with E-state index in [1.54, 1.807) is 60.7 Å². The Morgan fingerprint density at radius 2 is 1.57 bits per heavy atom. The van der Waals surface area contributed by atoms with Gasteiger partial charge in [0.05, 0.1) is 13.4 Å². The minimum Gasteiger partial charge on any atom is -0.497 e. The van der Waals surface area contributed by atoms with Crippen molar-refractivity contribution in [2.45, 2.75) is 13.2 Å². The van der Waals surface area contributed by atoms with Gasteiger partial charge in [0.15, 0.2) is 0 Å². The molecule has 0 aliphatic rings. The second-order valence-corrected chi connectivity index (χ2v) is 8.00. The maximum absolute atomic E-state index is 13.0. The van der Waals surface area contributed by atoms with E-state index in [-0.39, 0.29) is 18.1 Å². The lowest BCUT2D eigenvalue weighted by Gasteiger charge is -2.12. The molecule has 0 saturated heterocycles. The monoisotopic (exact) mass is 500 g/mol. The first-order chi connectivity index (χ1) is 18.0. The molecule has 4 rings (SSSR count). The SMILES string of the molecule is COc1ccc(C(=O)N/C(=C\c2ccco2)C(=O)NCc2ccc(OCc3ccc(F)cc3)cc2)cc1. The Balaban J connectivity index is 1.36. The fourth-order valence-corrected chi connectivity index (χ4v) is 3.34. The standard InChI is InChI=1S/C29H25FN2O5/c1-35-24-14-8-22(9-15-24)28(33)32-27(17-26-3-2-16-36-26)29(34)31-18-20-6-12-25(13-7-20)37-19-21-4-10-23(30)11-5-21/h2-17H,18-19H2,1H3,(H,31,34)(H,32,33)/b27-17-. The van der Waals surface area contributed by atoms with Crippen LogP contribution in [0.3, 0.4) is 0 Å². The van der Waals surface area contributed by atoms with E-state index >= 15 is 0 Å². The van der Waals surface area contributed by atoms with Crippen LogP contribution in [0.5, 0.6) is 11.5 Å². The van der Waals surface area contributed by atoms with Gasteiger partial charge in [0, 0.05) is 18.2 Å². The highest BCUT2D eigenvalue weighted by molar-refractivity contribution is 6.05. The molecule has 0 aliphatic heterocycles. The Morgan fingerprint density at radius 3 is 2.22 bits per heavy atom. The summed E-state index contributed by atoms with van der Waals surface area (Å²) in [6, 6.07) is 23.2. The van der Waals surface area contributed by atoms with Crippen molar-refractivity contribution in [2.24, 2.45) is 0 Å². The van der Waals surface area contributed by atoms with Gasteiger partial charge < -0.3 is 24.5 Å². The van der Waals surface area contributed by atoms with Gasteiger partial charge in [0.1, 0.15) is 35.4 Å². The van der Waals surface area contributed by atoms with Gasteiger partial charge in [0.2, 0.25) is 0 Å². The molecule has 2 N–H and O–H groups in total. The van der Waals surface area contributed by atoms with E-state index in [0.29, 0.717) is 29.4 Å². The van der Waals surface area contributed by atoms with E-state index in [2.05, 4.69) is 10.6 Å². The van der Waals surface area contributed by atoms with Crippen LogP contribution in [0.2, 0.25) is 0 Å². The normalized spacial score (nSPS) is 11.0. The first kappa shape index (κ1) is 25.2. The predicted molar refractivity (Wildman–Crippen MR) is 136 cm³/mol. The molecule has 8 heteroatoms. The Labute approximate surface area is 213 Å². The molecule has 0 aliphatic carbocycles. The number of halogens is 1. The zero-order valence-electron chi connectivity index (χ0n) is 20.1. The van der Waals surface area contributed by atoms with Crippen molar-refractivity contribution in [2.75, 3.05) is 7.11 Å². The molecule has 2 amide bonds. The third-order valence-electron chi connectivity index (χ3n) is 5.37. The molecule has 3 aromatic carbocycles. The molecule has 0 saturated carbocycles. The Bertz CT molecular complexity index is 1350. The third kappa shape index (κ3) is 7.32. The zero-order valence-corrected chi connectivity index (χ0v) is 20.1. The van der Waals surface area contributed by atoms with E-state index in [0.717, 1.165) is 11.1 Å². The third-order valence-corrected chi connectivity index (χ3v) is 5.37. The van der Waals surface area contributed by atoms with Crippen LogP contribution in [0.1, 0.15) is 27.2 Å². The molecular weight excluding hydrogens is 475 g/mol. The van der Waals surface area contributed by atoms with Crippen LogP contribution < -0.4 is 20.1 Å². The highest BCUT2D eigenvalue weighted by Gasteiger charge is 2.15. The van der Waals surface area contributed by atoms with Crippen LogP contribution in [0, 0.1) is 5.82 Å². The summed E-state index contributed by atoms with van der Waals surface area (Å²) in [6.45, 7) is 0.538. The van der Waals surface area contributed by atoms with Crippen LogP contribution in [-0.2, 0) is 17.9 Å². The van der Waals surface area contributed by atoms with Gasteiger partial charge in [-0.25, -0.2) is 4.39 Å². The summed E-state index contributed by atoms with van der Waals surface area (Å²) in [5, 5.41) is 5.47. The zero-order chi connectivity index (χ0) is 26.0. The molecule has 37 heavy (non-hydrogen) atoms. The maximum Gasteiger partial charge on any atom is 0.268 e. The number of hydrogen-bond donors (Lipinski definition) is 2. The van der Waals surface area contributed by atoms with Gasteiger partial charge in [-0.15, -0.1) is 0 Å². The summed E-state index contributed by atoms with van der Waals surface area (Å²) in [4.78, 5) is 25.7. The average molecular weight is 501 g/mol. The van der Waals surface area contributed by atoms with E-state index in [4.69, 9.17) is 13.9 Å². The van der Waals surface area contributed by atoms with Crippen molar-refractivity contribution in [1.82, 2.24) is 10.6 Å². The number of amides is 2. The summed E-state index contributed by atoms with van der Waals surface area (Å²) in [6.07, 6.45) is 2.94. The molecule has 1 aromatic heterocycles. The number of rotatable bonds is 10. The second-order valence-electron chi connectivity index (χ2n) is 8.00. The lowest BCUT2D eigenvalue weighted by atomic mass is 10.2. The number of ether oxygens (including phenoxy) is 2. The summed E-state index contributed by atoms with van der Waals surface area (Å²) < 4.78 is 29.2. The molecule has 0 unspecified atom stereocenters. The van der Waals surface area contributed by atoms with Crippen LogP contribution >= 0.6 is 0 Å². The summed E-state index contributed by atoms with van der Waals surface area (Å²) in [5.74, 6) is 0.464. The van der Waals surface area contributed by atoms with Crippen molar-refractivity contribution >= 4 is 17.9 Å². The van der Waals surface area contributed by atoms with Gasteiger partial charge in [-0.05, 0) is 71.8 Å². The van der Waals surface area contributed by atoms with E-state index < -0.39 is 11.8 Å². The second kappa shape index (κ2) is 12.2. The highest BCUT2D eigenvalue weighted by atomic mass is 19.1. The van der Waals surface area contributed by atoms with E-state index in [9.17, 15) is 14.0 Å². The quantitative estimate of drug-likeness (QED) is 0.296. The Hall–Kier alpha value is -4.85. The fraction of sp³-hybridized carbons (Fsp3) is 0.103. The first-order valence-corrected chi connectivity index (χ1v) is 11.4. The topological polar surface area (TPSA) is 89.8 Å². The smallest absolute Gasteiger partial charge is 0.268 e. The van der Waals surface area contributed by atoms with E-state index in [1.807, 2.05) is 12.1 Å². The minimum atomic E-state index is -0.477. The minimum absolute atomic E-state index is 0.0371. The van der Waals surface area contributed by atoms with Gasteiger partial charge in [-0.3, -0.25) is 9.59 Å². The van der Waals surface area contributed by atoms with Crippen LogP contribution in [0.25, 0.3) is 6.08 Å². The van der Waals surface area contributed by atoms with Crippen molar-refractivity contribution in [3.63, 3.8) is 0 Å². The number of methoxy groups -OCH3 is 1. The molecular formula is C29H25FN2O5. The number of nitrogens with one attached hydrogen (secondary N) is 2. The van der Waals surface area contributed by atoms with E-state index in [1.165, 1.54) is 31.6 Å². The van der Waals surface area contributed by atoms with Crippen molar-refractivity contribution in [1.29, 1.82) is 0 Å². The van der Waals surface area contributed by atoms with Crippen LogP contribution in [0.4, 0.5) is 4.39 Å². The first-order valence-electron chi connectivity index (χ1n) is 11.4. The molecule has 7 nitrogen and oxygen atoms in total. The summed E-state index contributed by atoms with van der Waals surface area (Å²) >= 11 is 0. The van der Waals surface area contributed by atoms with Gasteiger partial charge in [-0.2, -0.15) is 0 Å². The molecule has 0 fully saturated rings. The molecule has 0 bridgehead atoms. The van der Waals surface area contributed by atoms with Gasteiger partial charge in [0.25, 0.3) is 11.8 Å². The average Bonchev–Trinajstić information content (AvgIpc) is 3.45. The largest absolute Gasteiger partial charge is 0.497 e. The molecule has 1 heterocycles. The van der Waals surface area contributed by atoms with Crippen molar-refractivity contribution in [3.8, 4) is 11.5 Å². The molecule has 0 spiro atoms. The molecule has 4 aromatic rings. The molecule has 188 valence electrons. The van der Waals surface area contributed by atoms with Gasteiger partial charge >= 0.3 is 0 Å². The summed E-state index contributed by atoms with van der Waals surface area (Å²) in [7, 11) is 1.54. The van der Waals surface area contributed by atoms with Crippen LogP contribution in [-0.4, -0.2) is 18.9 Å². The fourth-order valence-electron chi connectivity index (χ4n) is 3.34. The van der Waals surface area contributed by atoms with Crippen molar-refractivity contribution < 1.29 is 27.9 Å². The van der Waals surface area contributed by atoms with Crippen LogP contribution in [0.15, 0.2) is 101 Å². The Kier molecular flexibility index (Phi) is 8.33. The number of carbonyl (C=O) groups is 2. The molecule has 0 atom stereocenters. The lowest BCUT2D eigenvalue weighted by molar-refractivity contribution is -0.117. The van der Waals surface area contributed by atoms with Gasteiger partial charge in [-0.1, -0.05) is 24.3 Å². The number of benzene rings is 3. The predicted octanol–water partition coefficient (Wildman–Crippen LogP) is 5.09. The molecule has 0 radical (unpaired) electrons. The number of furan rings is 1. The highest BCUT2D eigenvalue weighted by Crippen LogP contribution is 2.16. The Morgan fingerprint density at radius 1 is 0.892 bits per heavy atom. The maximum atomic E-state index is 13.0. The summed E-state index contributed by atoms with van der Waals surface area (Å²) in [5.41, 5.74) is 2.09. The van der Waals surface area contributed by atoms with Crippen molar-refractivity contribution in [3.05, 3.63) is 125 Å². The number of carbonyl (C=O) groups excluding carboxylic acids is 2.